The second kappa shape index (κ2) is 18.2. The first-order valence-electron chi connectivity index (χ1n) is 15.3. The summed E-state index contributed by atoms with van der Waals surface area (Å²) in [5.74, 6) is 0.224. The first kappa shape index (κ1) is 41.2. The molecule has 0 spiro atoms. The van der Waals surface area contributed by atoms with Gasteiger partial charge in [0.1, 0.15) is 11.6 Å². The van der Waals surface area contributed by atoms with Crippen molar-refractivity contribution in [1.82, 2.24) is 39.1 Å². The number of aromatic nitrogens is 8. The molecule has 0 atom stereocenters. The fourth-order valence-corrected chi connectivity index (χ4v) is 3.83. The summed E-state index contributed by atoms with van der Waals surface area (Å²) in [5, 5.41) is 15.7. The Morgan fingerprint density at radius 3 is 1.36 bits per heavy atom. The number of hydrogen-bond acceptors (Lipinski definition) is 6. The van der Waals surface area contributed by atoms with Crippen LogP contribution in [0.3, 0.4) is 0 Å². The highest BCUT2D eigenvalue weighted by Crippen LogP contribution is 2.13. The summed E-state index contributed by atoms with van der Waals surface area (Å²) in [5.41, 5.74) is 4.02. The quantitative estimate of drug-likeness (QED) is 0.217. The molecule has 0 aliphatic heterocycles. The van der Waals surface area contributed by atoms with E-state index in [2.05, 4.69) is 108 Å². The van der Waals surface area contributed by atoms with Crippen LogP contribution in [0.2, 0.25) is 0 Å². The smallest absolute Gasteiger partial charge is 0.135 e. The van der Waals surface area contributed by atoms with E-state index in [0.29, 0.717) is 24.9 Å². The second-order valence-corrected chi connectivity index (χ2v) is 13.8. The number of carbonyl (C=O) groups is 2. The lowest BCUT2D eigenvalue weighted by Gasteiger charge is -2.17. The van der Waals surface area contributed by atoms with Gasteiger partial charge < -0.3 is 9.13 Å². The van der Waals surface area contributed by atoms with Crippen molar-refractivity contribution in [1.29, 1.82) is 0 Å². The van der Waals surface area contributed by atoms with Gasteiger partial charge in [0.15, 0.2) is 0 Å². The lowest BCUT2D eigenvalue weighted by Crippen LogP contribution is -2.22. The Morgan fingerprint density at radius 1 is 0.711 bits per heavy atom. The molecule has 0 saturated heterocycles. The highest BCUT2D eigenvalue weighted by molar-refractivity contribution is 5.77. The van der Waals surface area contributed by atoms with Crippen molar-refractivity contribution in [3.8, 4) is 0 Å². The minimum Gasteiger partial charge on any atom is -0.352 e. The summed E-state index contributed by atoms with van der Waals surface area (Å²) in [7, 11) is 0. The van der Waals surface area contributed by atoms with Gasteiger partial charge in [-0.15, -0.1) is 10.2 Å². The molecule has 4 heterocycles. The van der Waals surface area contributed by atoms with Gasteiger partial charge in [-0.25, -0.2) is 9.36 Å². The molecule has 0 aromatic carbocycles. The lowest BCUT2D eigenvalue weighted by molar-refractivity contribution is -0.117. The van der Waals surface area contributed by atoms with Gasteiger partial charge in [-0.1, -0.05) is 17.9 Å². The molecule has 0 radical (unpaired) electrons. The fraction of sp³-hybridized carbons (Fsp3) is 0.600. The van der Waals surface area contributed by atoms with Crippen molar-refractivity contribution in [2.75, 3.05) is 0 Å². The molecule has 0 unspecified atom stereocenters. The second-order valence-electron chi connectivity index (χ2n) is 13.8. The Labute approximate surface area is 272 Å². The Balaban J connectivity index is 0.000000577. The molecule has 4 aromatic rings. The van der Waals surface area contributed by atoms with Gasteiger partial charge in [-0.05, 0) is 121 Å². The number of ketones is 2. The van der Waals surface area contributed by atoms with Crippen LogP contribution in [0.1, 0.15) is 125 Å². The predicted molar refractivity (Wildman–Crippen MR) is 185 cm³/mol. The largest absolute Gasteiger partial charge is 0.352 e. The number of aryl methyl sites for hydroxylation is 2. The topological polar surface area (TPSA) is 105 Å². The minimum absolute atomic E-state index is 0. The highest BCUT2D eigenvalue weighted by atomic mass is 16.1. The summed E-state index contributed by atoms with van der Waals surface area (Å²) in [6, 6.07) is 7.52. The van der Waals surface area contributed by atoms with Gasteiger partial charge in [-0.2, -0.15) is 0 Å². The molecule has 0 bridgehead atoms. The zero-order chi connectivity index (χ0) is 33.8. The normalized spacial score (nSPS) is 11.0. The third-order valence-corrected chi connectivity index (χ3v) is 6.32. The van der Waals surface area contributed by atoms with Gasteiger partial charge >= 0.3 is 0 Å². The Morgan fingerprint density at radius 2 is 1.16 bits per heavy atom. The SMILES string of the molecule is C.CC(=O)Cc1cn(C(C)(C)C)nn1.CC(=O)Cc1cn(C(C)(C)C)nn1.Cc1cccn1C(C)C.Cc1ccn(C(C)C)c1. The number of Topliss-reactive ketones (excluding diaryl/α,β-unsaturated/α-hetero) is 2. The highest BCUT2D eigenvalue weighted by Gasteiger charge is 2.16. The summed E-state index contributed by atoms with van der Waals surface area (Å²) >= 11 is 0. The Hall–Kier alpha value is -3.82. The van der Waals surface area contributed by atoms with Crippen LogP contribution in [0.5, 0.6) is 0 Å². The summed E-state index contributed by atoms with van der Waals surface area (Å²) in [6.45, 7) is 28.3. The van der Waals surface area contributed by atoms with Crippen LogP contribution >= 0.6 is 0 Å². The number of nitrogens with zero attached hydrogens (tertiary/aromatic N) is 8. The molecule has 10 heteroatoms. The molecular formula is C35H60N8O2. The van der Waals surface area contributed by atoms with Gasteiger partial charge in [0, 0.05) is 48.8 Å². The van der Waals surface area contributed by atoms with Gasteiger partial charge in [-0.3, -0.25) is 9.59 Å². The third kappa shape index (κ3) is 15.6. The lowest BCUT2D eigenvalue weighted by atomic mass is 10.1. The maximum absolute atomic E-state index is 10.8. The molecule has 0 fully saturated rings. The average Bonchev–Trinajstić information content (AvgIpc) is 3.66. The molecule has 4 aromatic heterocycles. The first-order valence-corrected chi connectivity index (χ1v) is 15.3. The van der Waals surface area contributed by atoms with Crippen molar-refractivity contribution in [2.45, 2.75) is 140 Å². The fourth-order valence-electron chi connectivity index (χ4n) is 3.83. The van der Waals surface area contributed by atoms with E-state index in [1.54, 1.807) is 23.2 Å². The van der Waals surface area contributed by atoms with Gasteiger partial charge in [0.05, 0.1) is 35.3 Å². The van der Waals surface area contributed by atoms with Crippen LogP contribution in [-0.2, 0) is 33.5 Å². The van der Waals surface area contributed by atoms with Crippen LogP contribution in [0, 0.1) is 13.8 Å². The third-order valence-electron chi connectivity index (χ3n) is 6.32. The monoisotopic (exact) mass is 624 g/mol. The average molecular weight is 625 g/mol. The Kier molecular flexibility index (Phi) is 16.7. The van der Waals surface area contributed by atoms with E-state index in [9.17, 15) is 9.59 Å². The maximum Gasteiger partial charge on any atom is 0.135 e. The Bertz CT molecular complexity index is 1360. The zero-order valence-electron chi connectivity index (χ0n) is 29.6. The molecule has 4 rings (SSSR count). The van der Waals surface area contributed by atoms with Crippen molar-refractivity contribution in [3.05, 3.63) is 71.8 Å². The minimum atomic E-state index is -0.0674. The standard InChI is InChI=1S/2C9H15N3O.2C8H13N.CH4/c2*1-7(13)5-8-6-12(11-10-8)9(2,3)4;1-7(2)9-5-4-8(3)6-9;1-7(2)9-6-4-5-8(9)3;/h2*6H,5H2,1-4H3;2*4-7H,1-3H3;1H4. The maximum atomic E-state index is 10.8. The van der Waals surface area contributed by atoms with E-state index in [1.807, 2.05) is 53.9 Å². The van der Waals surface area contributed by atoms with Crippen LogP contribution in [0.15, 0.2) is 49.2 Å². The summed E-state index contributed by atoms with van der Waals surface area (Å²) < 4.78 is 7.99. The van der Waals surface area contributed by atoms with Gasteiger partial charge in [0.25, 0.3) is 0 Å². The van der Waals surface area contributed by atoms with E-state index in [-0.39, 0.29) is 30.1 Å². The molecule has 45 heavy (non-hydrogen) atoms. The van der Waals surface area contributed by atoms with Crippen molar-refractivity contribution in [2.24, 2.45) is 0 Å². The summed E-state index contributed by atoms with van der Waals surface area (Å²) in [6.07, 6.45) is 10.8. The van der Waals surface area contributed by atoms with Crippen molar-refractivity contribution in [3.63, 3.8) is 0 Å². The molecule has 0 aliphatic rings. The van der Waals surface area contributed by atoms with E-state index < -0.39 is 0 Å². The van der Waals surface area contributed by atoms with Crippen molar-refractivity contribution >= 4 is 11.6 Å². The number of rotatable bonds is 6. The van der Waals surface area contributed by atoms with Crippen LogP contribution in [0.25, 0.3) is 0 Å². The van der Waals surface area contributed by atoms with E-state index in [4.69, 9.17) is 0 Å². The number of hydrogen-bond donors (Lipinski definition) is 0. The first-order chi connectivity index (χ1) is 20.2. The molecule has 252 valence electrons. The molecule has 0 saturated carbocycles. The predicted octanol–water partition coefficient (Wildman–Crippen LogP) is 7.72. The van der Waals surface area contributed by atoms with Crippen LogP contribution in [-0.4, -0.2) is 50.7 Å². The van der Waals surface area contributed by atoms with E-state index >= 15 is 0 Å². The van der Waals surface area contributed by atoms with E-state index in [0.717, 1.165) is 11.4 Å². The van der Waals surface area contributed by atoms with E-state index in [1.165, 1.54) is 11.3 Å². The number of carbonyl (C=O) groups excluding carboxylic acids is 2. The zero-order valence-corrected chi connectivity index (χ0v) is 29.6. The molecule has 10 nitrogen and oxygen atoms in total. The molecule has 0 amide bonds. The van der Waals surface area contributed by atoms with Crippen LogP contribution < -0.4 is 0 Å². The molecule has 0 aliphatic carbocycles. The van der Waals surface area contributed by atoms with Crippen molar-refractivity contribution < 1.29 is 9.59 Å². The summed E-state index contributed by atoms with van der Waals surface area (Å²) in [4.78, 5) is 21.6. The van der Waals surface area contributed by atoms with Gasteiger partial charge in [0.2, 0.25) is 0 Å². The molecule has 0 N–H and O–H groups in total. The molecular weight excluding hydrogens is 564 g/mol. The van der Waals surface area contributed by atoms with Crippen LogP contribution in [0.4, 0.5) is 0 Å².